The molecule has 17 nitrogen and oxygen atoms in total. The van der Waals surface area contributed by atoms with Gasteiger partial charge in [-0.2, -0.15) is 0 Å². The van der Waals surface area contributed by atoms with Gasteiger partial charge in [0, 0.05) is 25.7 Å². The molecule has 0 fully saturated rings. The van der Waals surface area contributed by atoms with Crippen molar-refractivity contribution in [1.29, 1.82) is 0 Å². The predicted octanol–water partition coefficient (Wildman–Crippen LogP) is 22.8. The van der Waals surface area contributed by atoms with E-state index in [2.05, 4.69) is 55.4 Å². The fraction of sp³-hybridized carbons (Fsp3) is 0.949. The average molecular weight is 1420 g/mol. The Bertz CT molecular complexity index is 1910. The van der Waals surface area contributed by atoms with Crippen LogP contribution < -0.4 is 0 Å². The molecule has 5 unspecified atom stereocenters. The SMILES string of the molecule is CCC(C)CCCCCCCCCCCCCCCCC(=O)OC[C@H](COP(=O)(O)OC[C@@H](O)COP(=O)(O)OC[C@@H](COC(=O)CCCCCCCCC(C)CC)OC(=O)CCCCCCCCCCCCCCCCCCC(C)C)OC(=O)CCCCCCCCC(C)CC. The number of aliphatic hydroxyl groups excluding tert-OH is 1. The van der Waals surface area contributed by atoms with Crippen LogP contribution in [0, 0.1) is 23.7 Å². The number of aliphatic hydroxyl groups is 1. The summed E-state index contributed by atoms with van der Waals surface area (Å²) in [6.45, 7) is 14.2. The standard InChI is InChI=1S/C78H152O17P2/c1-9-69(6)55-47-39-31-27-23-19-16-17-20-24-28-32-42-50-58-75(80)88-64-74(95-78(83)61-53-45-37-35-41-49-57-71(8)11-3)67-93-97(86,87)91-63-72(79)62-90-96(84,85)92-66-73(65-89-76(81)59-51-43-36-34-40-48-56-70(7)10-2)94-77(82)60-52-44-33-29-25-21-15-13-12-14-18-22-26-30-38-46-54-68(4)5/h68-74,79H,9-67H2,1-8H3,(H,84,85)(H,86,87)/t69?,70?,71?,72-,73+,74+/m0/s1. The zero-order valence-corrected chi connectivity index (χ0v) is 65.5. The van der Waals surface area contributed by atoms with Gasteiger partial charge in [0.2, 0.25) is 0 Å². The number of carbonyl (C=O) groups excluding carboxylic acids is 4. The number of hydrogen-bond acceptors (Lipinski definition) is 15. The molecular formula is C78H152O17P2. The lowest BCUT2D eigenvalue weighted by Crippen LogP contribution is -2.30. The number of rotatable bonds is 75. The van der Waals surface area contributed by atoms with E-state index < -0.39 is 97.5 Å². The molecule has 0 rings (SSSR count). The van der Waals surface area contributed by atoms with Gasteiger partial charge in [0.1, 0.15) is 19.3 Å². The largest absolute Gasteiger partial charge is 0.472 e. The van der Waals surface area contributed by atoms with Gasteiger partial charge in [0.25, 0.3) is 0 Å². The van der Waals surface area contributed by atoms with Gasteiger partial charge < -0.3 is 33.8 Å². The molecule has 0 radical (unpaired) electrons. The normalized spacial score (nSPS) is 14.9. The Kier molecular flexibility index (Phi) is 65.9. The fourth-order valence-electron chi connectivity index (χ4n) is 11.8. The Morgan fingerprint density at radius 3 is 0.732 bits per heavy atom. The van der Waals surface area contributed by atoms with E-state index in [9.17, 15) is 43.2 Å². The molecule has 19 heteroatoms. The highest BCUT2D eigenvalue weighted by Gasteiger charge is 2.30. The van der Waals surface area contributed by atoms with Gasteiger partial charge in [0.05, 0.1) is 26.4 Å². The summed E-state index contributed by atoms with van der Waals surface area (Å²) in [5.41, 5.74) is 0. The van der Waals surface area contributed by atoms with E-state index in [0.29, 0.717) is 25.7 Å². The van der Waals surface area contributed by atoms with Crippen LogP contribution >= 0.6 is 15.6 Å². The second-order valence-electron chi connectivity index (χ2n) is 29.3. The van der Waals surface area contributed by atoms with Crippen molar-refractivity contribution in [2.45, 2.75) is 414 Å². The number of ether oxygens (including phenoxy) is 4. The maximum Gasteiger partial charge on any atom is 0.472 e. The lowest BCUT2D eigenvalue weighted by molar-refractivity contribution is -0.161. The Labute approximate surface area is 594 Å². The maximum absolute atomic E-state index is 13.1. The Hall–Kier alpha value is -1.94. The quantitative estimate of drug-likeness (QED) is 0.0222. The number of phosphoric ester groups is 2. The number of hydrogen-bond donors (Lipinski definition) is 3. The number of esters is 4. The minimum absolute atomic E-state index is 0.103. The lowest BCUT2D eigenvalue weighted by Gasteiger charge is -2.21. The molecular weight excluding hydrogens is 1270 g/mol. The summed E-state index contributed by atoms with van der Waals surface area (Å²) in [4.78, 5) is 72.8. The van der Waals surface area contributed by atoms with E-state index in [1.54, 1.807) is 0 Å². The molecule has 0 aromatic carbocycles. The van der Waals surface area contributed by atoms with Gasteiger partial charge in [-0.05, 0) is 49.4 Å². The molecule has 0 aromatic rings. The third kappa shape index (κ3) is 68.3. The minimum Gasteiger partial charge on any atom is -0.462 e. The summed E-state index contributed by atoms with van der Waals surface area (Å²) >= 11 is 0. The Morgan fingerprint density at radius 2 is 0.495 bits per heavy atom. The van der Waals surface area contributed by atoms with Crippen molar-refractivity contribution in [3.05, 3.63) is 0 Å². The van der Waals surface area contributed by atoms with E-state index in [1.165, 1.54) is 193 Å². The molecule has 0 aliphatic heterocycles. The van der Waals surface area contributed by atoms with Crippen LogP contribution in [0.1, 0.15) is 396 Å². The zero-order valence-electron chi connectivity index (χ0n) is 63.7. The summed E-state index contributed by atoms with van der Waals surface area (Å²) in [5.74, 6) is 0.988. The molecule has 8 atom stereocenters. The van der Waals surface area contributed by atoms with Crippen LogP contribution in [0.25, 0.3) is 0 Å². The third-order valence-corrected chi connectivity index (χ3v) is 21.1. The van der Waals surface area contributed by atoms with Gasteiger partial charge in [-0.1, -0.05) is 344 Å². The number of unbranched alkanes of at least 4 members (excludes halogenated alkanes) is 38. The Balaban J connectivity index is 5.18. The predicted molar refractivity (Wildman–Crippen MR) is 395 cm³/mol. The van der Waals surface area contributed by atoms with Gasteiger partial charge >= 0.3 is 39.5 Å². The van der Waals surface area contributed by atoms with Crippen molar-refractivity contribution in [3.8, 4) is 0 Å². The molecule has 0 amide bonds. The van der Waals surface area contributed by atoms with E-state index in [0.717, 1.165) is 120 Å². The van der Waals surface area contributed by atoms with Crippen LogP contribution in [0.2, 0.25) is 0 Å². The summed E-state index contributed by atoms with van der Waals surface area (Å²) in [6, 6.07) is 0. The molecule has 0 aliphatic carbocycles. The molecule has 0 bridgehead atoms. The zero-order chi connectivity index (χ0) is 71.7. The third-order valence-electron chi connectivity index (χ3n) is 19.2. The molecule has 0 heterocycles. The molecule has 0 spiro atoms. The summed E-state index contributed by atoms with van der Waals surface area (Å²) in [6.07, 6.45) is 52.8. The summed E-state index contributed by atoms with van der Waals surface area (Å²) in [7, 11) is -9.92. The van der Waals surface area contributed by atoms with E-state index in [4.69, 9.17) is 37.0 Å². The van der Waals surface area contributed by atoms with Crippen LogP contribution in [-0.2, 0) is 65.4 Å². The van der Waals surface area contributed by atoms with E-state index >= 15 is 0 Å². The highest BCUT2D eigenvalue weighted by atomic mass is 31.2. The van der Waals surface area contributed by atoms with Gasteiger partial charge in [-0.15, -0.1) is 0 Å². The van der Waals surface area contributed by atoms with Crippen molar-refractivity contribution >= 4 is 39.5 Å². The van der Waals surface area contributed by atoms with E-state index in [1.807, 2.05) is 0 Å². The number of phosphoric acid groups is 2. The van der Waals surface area contributed by atoms with Crippen molar-refractivity contribution in [2.24, 2.45) is 23.7 Å². The molecule has 97 heavy (non-hydrogen) atoms. The molecule has 0 aromatic heterocycles. The van der Waals surface area contributed by atoms with Crippen LogP contribution in [0.3, 0.4) is 0 Å². The molecule has 0 saturated heterocycles. The second-order valence-corrected chi connectivity index (χ2v) is 32.2. The van der Waals surface area contributed by atoms with Gasteiger partial charge in [-0.3, -0.25) is 37.3 Å². The van der Waals surface area contributed by atoms with Gasteiger partial charge in [-0.25, -0.2) is 9.13 Å². The molecule has 0 saturated carbocycles. The number of carbonyl (C=O) groups is 4. The first kappa shape index (κ1) is 95.1. The van der Waals surface area contributed by atoms with Crippen molar-refractivity contribution in [3.63, 3.8) is 0 Å². The highest BCUT2D eigenvalue weighted by molar-refractivity contribution is 7.47. The summed E-state index contributed by atoms with van der Waals surface area (Å²) < 4.78 is 68.5. The van der Waals surface area contributed by atoms with Crippen molar-refractivity contribution < 1.29 is 80.2 Å². The lowest BCUT2D eigenvalue weighted by atomic mass is 9.99. The smallest absolute Gasteiger partial charge is 0.462 e. The van der Waals surface area contributed by atoms with Gasteiger partial charge in [0.15, 0.2) is 12.2 Å². The second kappa shape index (κ2) is 67.2. The molecule has 0 aliphatic rings. The summed E-state index contributed by atoms with van der Waals surface area (Å²) in [5, 5.41) is 10.6. The fourth-order valence-corrected chi connectivity index (χ4v) is 13.4. The first-order valence-electron chi connectivity index (χ1n) is 40.3. The average Bonchev–Trinajstić information content (AvgIpc) is 1.30. The minimum atomic E-state index is -4.96. The molecule has 576 valence electrons. The highest BCUT2D eigenvalue weighted by Crippen LogP contribution is 2.45. The first-order valence-corrected chi connectivity index (χ1v) is 43.3. The maximum atomic E-state index is 13.1. The van der Waals surface area contributed by atoms with Crippen molar-refractivity contribution in [1.82, 2.24) is 0 Å². The van der Waals surface area contributed by atoms with Crippen LogP contribution in [0.15, 0.2) is 0 Å². The monoisotopic (exact) mass is 1420 g/mol. The van der Waals surface area contributed by atoms with Crippen LogP contribution in [-0.4, -0.2) is 96.7 Å². The Morgan fingerprint density at radius 1 is 0.289 bits per heavy atom. The van der Waals surface area contributed by atoms with E-state index in [-0.39, 0.29) is 25.7 Å². The molecule has 3 N–H and O–H groups in total. The topological polar surface area (TPSA) is 237 Å². The van der Waals surface area contributed by atoms with Crippen LogP contribution in [0.4, 0.5) is 0 Å². The first-order chi connectivity index (χ1) is 46.7. The van der Waals surface area contributed by atoms with Crippen LogP contribution in [0.5, 0.6) is 0 Å². The van der Waals surface area contributed by atoms with Crippen molar-refractivity contribution in [2.75, 3.05) is 39.6 Å².